The monoisotopic (exact) mass is 251 g/mol. The zero-order valence-electron chi connectivity index (χ0n) is 12.0. The first-order valence-electron chi connectivity index (χ1n) is 6.84. The van der Waals surface area contributed by atoms with E-state index in [1.807, 2.05) is 13.8 Å². The molecule has 0 radical (unpaired) electrons. The summed E-state index contributed by atoms with van der Waals surface area (Å²) in [7, 11) is 0. The van der Waals surface area contributed by atoms with Crippen LogP contribution in [0.3, 0.4) is 0 Å². The minimum Gasteiger partial charge on any atom is -0.372 e. The standard InChI is InChI=1S/C15H25NO2/c1-5-16(6-2)14-11-9-13(10-12-14)15(17-7-3)18-8-4/h9-12,15H,5-8H2,1-4H3. The fraction of sp³-hybridized carbons (Fsp3) is 0.600. The first-order chi connectivity index (χ1) is 8.76. The molecule has 0 saturated heterocycles. The van der Waals surface area contributed by atoms with Crippen LogP contribution in [0.25, 0.3) is 0 Å². The molecule has 102 valence electrons. The zero-order valence-corrected chi connectivity index (χ0v) is 12.0. The Morgan fingerprint density at radius 3 is 1.78 bits per heavy atom. The Hall–Kier alpha value is -1.06. The molecule has 0 N–H and O–H groups in total. The Morgan fingerprint density at radius 2 is 1.39 bits per heavy atom. The van der Waals surface area contributed by atoms with Gasteiger partial charge in [0.15, 0.2) is 6.29 Å². The van der Waals surface area contributed by atoms with Gasteiger partial charge in [0.05, 0.1) is 0 Å². The molecule has 1 rings (SSSR count). The van der Waals surface area contributed by atoms with Gasteiger partial charge in [0.1, 0.15) is 0 Å². The number of benzene rings is 1. The fourth-order valence-electron chi connectivity index (χ4n) is 1.97. The Labute approximate surface area is 111 Å². The number of anilines is 1. The van der Waals surface area contributed by atoms with Gasteiger partial charge in [-0.1, -0.05) is 12.1 Å². The average Bonchev–Trinajstić information content (AvgIpc) is 2.41. The molecule has 0 aliphatic carbocycles. The van der Waals surface area contributed by atoms with E-state index in [-0.39, 0.29) is 6.29 Å². The molecule has 0 aromatic heterocycles. The molecule has 0 aliphatic rings. The number of rotatable bonds is 8. The van der Waals surface area contributed by atoms with Crippen LogP contribution in [0.2, 0.25) is 0 Å². The summed E-state index contributed by atoms with van der Waals surface area (Å²) in [6.07, 6.45) is -0.245. The third kappa shape index (κ3) is 4.00. The fourth-order valence-corrected chi connectivity index (χ4v) is 1.97. The lowest BCUT2D eigenvalue weighted by atomic mass is 10.2. The lowest BCUT2D eigenvalue weighted by Gasteiger charge is -2.22. The van der Waals surface area contributed by atoms with Crippen LogP contribution in [0.5, 0.6) is 0 Å². The molecule has 0 spiro atoms. The summed E-state index contributed by atoms with van der Waals surface area (Å²) >= 11 is 0. The Kier molecular flexibility index (Phi) is 6.76. The molecule has 1 aromatic carbocycles. The van der Waals surface area contributed by atoms with Gasteiger partial charge in [-0.2, -0.15) is 0 Å². The summed E-state index contributed by atoms with van der Waals surface area (Å²) in [5, 5.41) is 0. The van der Waals surface area contributed by atoms with E-state index in [0.717, 1.165) is 18.7 Å². The summed E-state index contributed by atoms with van der Waals surface area (Å²) in [5.41, 5.74) is 2.32. The van der Waals surface area contributed by atoms with E-state index in [0.29, 0.717) is 13.2 Å². The van der Waals surface area contributed by atoms with Gasteiger partial charge in [-0.25, -0.2) is 0 Å². The van der Waals surface area contributed by atoms with Crippen molar-refractivity contribution in [1.29, 1.82) is 0 Å². The third-order valence-corrected chi connectivity index (χ3v) is 2.93. The molecule has 18 heavy (non-hydrogen) atoms. The van der Waals surface area contributed by atoms with Crippen molar-refractivity contribution in [2.45, 2.75) is 34.0 Å². The largest absolute Gasteiger partial charge is 0.372 e. The molecule has 0 aliphatic heterocycles. The molecule has 0 amide bonds. The van der Waals surface area contributed by atoms with Gasteiger partial charge in [-0.3, -0.25) is 0 Å². The molecular weight excluding hydrogens is 226 g/mol. The van der Waals surface area contributed by atoms with Crippen molar-refractivity contribution in [3.63, 3.8) is 0 Å². The second kappa shape index (κ2) is 8.11. The molecule has 0 bridgehead atoms. The Balaban J connectivity index is 2.79. The van der Waals surface area contributed by atoms with Crippen LogP contribution in [-0.2, 0) is 9.47 Å². The molecule has 0 saturated carbocycles. The van der Waals surface area contributed by atoms with Gasteiger partial charge in [-0.05, 0) is 39.8 Å². The highest BCUT2D eigenvalue weighted by molar-refractivity contribution is 5.47. The van der Waals surface area contributed by atoms with Crippen molar-refractivity contribution >= 4 is 5.69 Å². The predicted octanol–water partition coefficient (Wildman–Crippen LogP) is 3.60. The predicted molar refractivity (Wildman–Crippen MR) is 76.0 cm³/mol. The SMILES string of the molecule is CCOC(OCC)c1ccc(N(CC)CC)cc1. The van der Waals surface area contributed by atoms with Crippen molar-refractivity contribution in [2.75, 3.05) is 31.2 Å². The number of nitrogens with zero attached hydrogens (tertiary/aromatic N) is 1. The highest BCUT2D eigenvalue weighted by Crippen LogP contribution is 2.22. The third-order valence-electron chi connectivity index (χ3n) is 2.93. The molecule has 3 nitrogen and oxygen atoms in total. The van der Waals surface area contributed by atoms with Crippen LogP contribution < -0.4 is 4.90 Å². The van der Waals surface area contributed by atoms with Crippen LogP contribution in [-0.4, -0.2) is 26.3 Å². The lowest BCUT2D eigenvalue weighted by Crippen LogP contribution is -2.21. The summed E-state index contributed by atoms with van der Waals surface area (Å²) in [6, 6.07) is 8.44. The van der Waals surface area contributed by atoms with Gasteiger partial charge in [0.2, 0.25) is 0 Å². The van der Waals surface area contributed by atoms with Crippen molar-refractivity contribution < 1.29 is 9.47 Å². The van der Waals surface area contributed by atoms with E-state index in [1.165, 1.54) is 5.69 Å². The normalized spacial score (nSPS) is 10.9. The van der Waals surface area contributed by atoms with Crippen molar-refractivity contribution in [1.82, 2.24) is 0 Å². The maximum Gasteiger partial charge on any atom is 0.183 e. The average molecular weight is 251 g/mol. The van der Waals surface area contributed by atoms with E-state index < -0.39 is 0 Å². The van der Waals surface area contributed by atoms with Gasteiger partial charge in [-0.15, -0.1) is 0 Å². The summed E-state index contributed by atoms with van der Waals surface area (Å²) in [6.45, 7) is 11.7. The van der Waals surface area contributed by atoms with E-state index in [4.69, 9.17) is 9.47 Å². The number of hydrogen-bond donors (Lipinski definition) is 0. The first-order valence-corrected chi connectivity index (χ1v) is 6.84. The topological polar surface area (TPSA) is 21.7 Å². The summed E-state index contributed by atoms with van der Waals surface area (Å²) in [4.78, 5) is 2.32. The van der Waals surface area contributed by atoms with Gasteiger partial charge >= 0.3 is 0 Å². The van der Waals surface area contributed by atoms with Crippen LogP contribution >= 0.6 is 0 Å². The van der Waals surface area contributed by atoms with E-state index in [9.17, 15) is 0 Å². The maximum absolute atomic E-state index is 5.59. The molecule has 3 heteroatoms. The molecule has 0 fully saturated rings. The summed E-state index contributed by atoms with van der Waals surface area (Å²) < 4.78 is 11.2. The van der Waals surface area contributed by atoms with Crippen LogP contribution in [0.1, 0.15) is 39.5 Å². The van der Waals surface area contributed by atoms with Crippen molar-refractivity contribution in [2.24, 2.45) is 0 Å². The first kappa shape index (κ1) is 15.0. The Morgan fingerprint density at radius 1 is 0.889 bits per heavy atom. The van der Waals surface area contributed by atoms with Crippen molar-refractivity contribution in [3.05, 3.63) is 29.8 Å². The smallest absolute Gasteiger partial charge is 0.183 e. The van der Waals surface area contributed by atoms with Gasteiger partial charge in [0, 0.05) is 37.6 Å². The molecule has 0 atom stereocenters. The summed E-state index contributed by atoms with van der Waals surface area (Å²) in [5.74, 6) is 0. The molecule has 0 heterocycles. The van der Waals surface area contributed by atoms with Crippen LogP contribution in [0, 0.1) is 0 Å². The maximum atomic E-state index is 5.59. The second-order valence-corrected chi connectivity index (χ2v) is 4.01. The van der Waals surface area contributed by atoms with E-state index >= 15 is 0 Å². The molecular formula is C15H25NO2. The van der Waals surface area contributed by atoms with Crippen molar-refractivity contribution in [3.8, 4) is 0 Å². The van der Waals surface area contributed by atoms with Crippen LogP contribution in [0.4, 0.5) is 5.69 Å². The highest BCUT2D eigenvalue weighted by Gasteiger charge is 2.11. The zero-order chi connectivity index (χ0) is 13.4. The lowest BCUT2D eigenvalue weighted by molar-refractivity contribution is -0.140. The minimum absolute atomic E-state index is 0.245. The highest BCUT2D eigenvalue weighted by atomic mass is 16.7. The van der Waals surface area contributed by atoms with Gasteiger partial charge in [0.25, 0.3) is 0 Å². The van der Waals surface area contributed by atoms with Crippen LogP contribution in [0.15, 0.2) is 24.3 Å². The quantitative estimate of drug-likeness (QED) is 0.659. The molecule has 1 aromatic rings. The van der Waals surface area contributed by atoms with Gasteiger partial charge < -0.3 is 14.4 Å². The van der Waals surface area contributed by atoms with E-state index in [1.54, 1.807) is 0 Å². The number of hydrogen-bond acceptors (Lipinski definition) is 3. The Bertz CT molecular complexity index is 314. The number of ether oxygens (including phenoxy) is 2. The second-order valence-electron chi connectivity index (χ2n) is 4.01. The minimum atomic E-state index is -0.245. The van der Waals surface area contributed by atoms with E-state index in [2.05, 4.69) is 43.0 Å². The molecule has 0 unspecified atom stereocenters.